The first-order valence-corrected chi connectivity index (χ1v) is 15.7. The molecule has 0 spiro atoms. The van der Waals surface area contributed by atoms with E-state index >= 15 is 0 Å². The van der Waals surface area contributed by atoms with Crippen LogP contribution in [0, 0.1) is 0 Å². The molecule has 0 saturated heterocycles. The Morgan fingerprint density at radius 3 is 1.55 bits per heavy atom. The second-order valence-electron chi connectivity index (χ2n) is 6.98. The van der Waals surface area contributed by atoms with Crippen LogP contribution in [0.15, 0.2) is 0 Å². The fourth-order valence-electron chi connectivity index (χ4n) is 2.85. The molecule has 2 amide bonds. The Bertz CT molecular complexity index is 444. The Kier molecular flexibility index (Phi) is 21.4. The molecule has 0 aliphatic rings. The number of hydrogen-bond donors (Lipinski definition) is 2. The number of thioether (sulfide) groups is 2. The molecular weight excluding hydrogens is 452 g/mol. The van der Waals surface area contributed by atoms with Crippen LogP contribution in [-0.2, 0) is 13.3 Å². The molecule has 0 heterocycles. The lowest BCUT2D eigenvalue weighted by atomic mass is 10.2. The van der Waals surface area contributed by atoms with Gasteiger partial charge < -0.3 is 23.9 Å². The molecule has 184 valence electrons. The zero-order valence-corrected chi connectivity index (χ0v) is 22.6. The summed E-state index contributed by atoms with van der Waals surface area (Å²) in [6.45, 7) is 11.1. The fourth-order valence-corrected chi connectivity index (χ4v) is 7.22. The Morgan fingerprint density at radius 2 is 1.13 bits per heavy atom. The van der Waals surface area contributed by atoms with Gasteiger partial charge in [0.05, 0.1) is 0 Å². The van der Waals surface area contributed by atoms with E-state index in [2.05, 4.69) is 17.6 Å². The number of amides is 2. The van der Waals surface area contributed by atoms with Crippen LogP contribution < -0.4 is 10.6 Å². The molecule has 0 fully saturated rings. The van der Waals surface area contributed by atoms with E-state index in [9.17, 15) is 9.59 Å². The molecule has 0 aliphatic heterocycles. The van der Waals surface area contributed by atoms with Gasteiger partial charge in [0.15, 0.2) is 0 Å². The molecule has 0 aliphatic carbocycles. The minimum Gasteiger partial charge on any atom is -0.374 e. The summed E-state index contributed by atoms with van der Waals surface area (Å²) in [5, 5.41) is 6.01. The largest absolute Gasteiger partial charge is 0.500 e. The van der Waals surface area contributed by atoms with Crippen molar-refractivity contribution < 1.29 is 22.9 Å². The first-order chi connectivity index (χ1) is 15.0. The summed E-state index contributed by atoms with van der Waals surface area (Å²) in [5.41, 5.74) is 0. The highest BCUT2D eigenvalue weighted by Crippen LogP contribution is 2.20. The highest BCUT2D eigenvalue weighted by molar-refractivity contribution is 8.13. The standard InChI is InChI=1S/C21H44N2O5S2Si/c1-5-9-17-29-20(24)22-15-12-10-11-13-16-23-21(25)30-18-14-19-31(26-6-2,27-7-3)28-8-4/h5-19H2,1-4H3,(H,22,24)(H,23,25). The van der Waals surface area contributed by atoms with E-state index in [0.29, 0.717) is 26.4 Å². The lowest BCUT2D eigenvalue weighted by molar-refractivity contribution is 0.0712. The van der Waals surface area contributed by atoms with Crippen molar-refractivity contribution in [2.45, 2.75) is 78.7 Å². The topological polar surface area (TPSA) is 85.9 Å². The quantitative estimate of drug-likeness (QED) is 0.166. The van der Waals surface area contributed by atoms with Crippen LogP contribution in [0.5, 0.6) is 0 Å². The highest BCUT2D eigenvalue weighted by Gasteiger charge is 2.39. The van der Waals surface area contributed by atoms with Crippen molar-refractivity contribution in [2.24, 2.45) is 0 Å². The maximum absolute atomic E-state index is 12.0. The van der Waals surface area contributed by atoms with Crippen LogP contribution in [0.25, 0.3) is 0 Å². The lowest BCUT2D eigenvalue weighted by Crippen LogP contribution is -2.46. The van der Waals surface area contributed by atoms with Crippen LogP contribution in [-0.4, -0.2) is 63.7 Å². The molecule has 2 N–H and O–H groups in total. The average molecular weight is 497 g/mol. The molecule has 31 heavy (non-hydrogen) atoms. The van der Waals surface area contributed by atoms with Crippen molar-refractivity contribution in [1.82, 2.24) is 10.6 Å². The van der Waals surface area contributed by atoms with E-state index in [1.165, 1.54) is 23.5 Å². The minimum absolute atomic E-state index is 0.0212. The van der Waals surface area contributed by atoms with Crippen molar-refractivity contribution in [3.05, 3.63) is 0 Å². The van der Waals surface area contributed by atoms with Crippen LogP contribution in [0.2, 0.25) is 6.04 Å². The van der Waals surface area contributed by atoms with Crippen LogP contribution >= 0.6 is 23.5 Å². The second kappa shape index (κ2) is 21.6. The molecular formula is C21H44N2O5S2Si. The van der Waals surface area contributed by atoms with E-state index in [-0.39, 0.29) is 10.5 Å². The molecule has 0 atom stereocenters. The van der Waals surface area contributed by atoms with Crippen molar-refractivity contribution in [1.29, 1.82) is 0 Å². The van der Waals surface area contributed by atoms with Gasteiger partial charge in [-0.2, -0.15) is 0 Å². The van der Waals surface area contributed by atoms with Crippen molar-refractivity contribution in [2.75, 3.05) is 44.4 Å². The van der Waals surface area contributed by atoms with Gasteiger partial charge in [0.1, 0.15) is 0 Å². The van der Waals surface area contributed by atoms with Gasteiger partial charge >= 0.3 is 8.80 Å². The number of nitrogens with one attached hydrogen (secondary N) is 2. The zero-order chi connectivity index (χ0) is 23.2. The molecule has 0 unspecified atom stereocenters. The molecule has 0 aromatic carbocycles. The molecule has 0 radical (unpaired) electrons. The summed E-state index contributed by atoms with van der Waals surface area (Å²) in [6, 6.07) is 0.733. The van der Waals surface area contributed by atoms with E-state index in [1.54, 1.807) is 0 Å². The second-order valence-corrected chi connectivity index (χ2v) is 11.8. The molecule has 0 saturated carbocycles. The lowest BCUT2D eigenvalue weighted by Gasteiger charge is -2.28. The summed E-state index contributed by atoms with van der Waals surface area (Å²) >= 11 is 2.68. The van der Waals surface area contributed by atoms with Gasteiger partial charge in [-0.25, -0.2) is 0 Å². The number of unbranched alkanes of at least 4 members (excludes halogenated alkanes) is 4. The van der Waals surface area contributed by atoms with Gasteiger partial charge in [0.2, 0.25) is 0 Å². The van der Waals surface area contributed by atoms with Crippen molar-refractivity contribution in [3.8, 4) is 0 Å². The van der Waals surface area contributed by atoms with Gasteiger partial charge in [-0.1, -0.05) is 49.7 Å². The molecule has 7 nitrogen and oxygen atoms in total. The smallest absolute Gasteiger partial charge is 0.374 e. The Labute approximate surface area is 199 Å². The predicted octanol–water partition coefficient (Wildman–Crippen LogP) is 5.67. The summed E-state index contributed by atoms with van der Waals surface area (Å²) in [7, 11) is -2.60. The van der Waals surface area contributed by atoms with Gasteiger partial charge in [-0.15, -0.1) is 0 Å². The first kappa shape index (κ1) is 30.7. The Hall–Kier alpha value is -0.263. The van der Waals surface area contributed by atoms with Crippen LogP contribution in [0.3, 0.4) is 0 Å². The summed E-state index contributed by atoms with van der Waals surface area (Å²) < 4.78 is 17.5. The monoisotopic (exact) mass is 496 g/mol. The van der Waals surface area contributed by atoms with E-state index in [4.69, 9.17) is 13.3 Å². The maximum Gasteiger partial charge on any atom is 0.500 e. The third-order valence-corrected chi connectivity index (χ3v) is 9.28. The first-order valence-electron chi connectivity index (χ1n) is 11.8. The van der Waals surface area contributed by atoms with Gasteiger partial charge in [-0.3, -0.25) is 9.59 Å². The normalized spacial score (nSPS) is 11.5. The molecule has 10 heteroatoms. The van der Waals surface area contributed by atoms with Crippen molar-refractivity contribution >= 4 is 42.8 Å². The molecule has 0 aromatic rings. The Morgan fingerprint density at radius 1 is 0.677 bits per heavy atom. The van der Waals surface area contributed by atoms with Gasteiger partial charge in [0.25, 0.3) is 10.5 Å². The Balaban J connectivity index is 3.70. The van der Waals surface area contributed by atoms with Crippen molar-refractivity contribution in [3.63, 3.8) is 0 Å². The van der Waals surface area contributed by atoms with E-state index < -0.39 is 8.80 Å². The third kappa shape index (κ3) is 17.9. The zero-order valence-electron chi connectivity index (χ0n) is 20.0. The maximum atomic E-state index is 12.0. The van der Waals surface area contributed by atoms with E-state index in [0.717, 1.165) is 69.0 Å². The summed E-state index contributed by atoms with van der Waals surface area (Å²) in [4.78, 5) is 23.6. The summed E-state index contributed by atoms with van der Waals surface area (Å²) in [6.07, 6.45) is 7.07. The third-order valence-electron chi connectivity index (χ3n) is 4.33. The van der Waals surface area contributed by atoms with Gasteiger partial charge in [0, 0.05) is 50.5 Å². The number of carbonyl (C=O) groups excluding carboxylic acids is 2. The fraction of sp³-hybridized carbons (Fsp3) is 0.905. The molecule has 0 bridgehead atoms. The van der Waals surface area contributed by atoms with Crippen LogP contribution in [0.1, 0.15) is 72.6 Å². The highest BCUT2D eigenvalue weighted by atomic mass is 32.2. The predicted molar refractivity (Wildman–Crippen MR) is 135 cm³/mol. The summed E-state index contributed by atoms with van der Waals surface area (Å²) in [5.74, 6) is 1.62. The van der Waals surface area contributed by atoms with Gasteiger partial charge in [-0.05, 0) is 46.5 Å². The van der Waals surface area contributed by atoms with E-state index in [1.807, 2.05) is 20.8 Å². The number of hydrogen-bond acceptors (Lipinski definition) is 7. The molecule has 0 rings (SSSR count). The van der Waals surface area contributed by atoms with Crippen LogP contribution in [0.4, 0.5) is 9.59 Å². The average Bonchev–Trinajstić information content (AvgIpc) is 2.74. The SMILES string of the molecule is CCCCSC(=O)NCCCCCCNC(=O)SCCC[Si](OCC)(OCC)OCC. The molecule has 0 aromatic heterocycles. The number of carbonyl (C=O) groups is 2. The number of rotatable bonds is 20. The minimum atomic E-state index is -2.60.